The molecule has 2 N–H and O–H groups in total. The summed E-state index contributed by atoms with van der Waals surface area (Å²) in [6.07, 6.45) is 4.07. The lowest BCUT2D eigenvalue weighted by Gasteiger charge is -2.06. The van der Waals surface area contributed by atoms with E-state index in [0.717, 1.165) is 11.1 Å². The Balaban J connectivity index is 2.31. The number of nitrogens with zero attached hydrogens (tertiary/aromatic N) is 1. The summed E-state index contributed by atoms with van der Waals surface area (Å²) in [5.41, 5.74) is 8.76. The molecule has 0 bridgehead atoms. The third kappa shape index (κ3) is 2.19. The summed E-state index contributed by atoms with van der Waals surface area (Å²) in [5, 5.41) is 0. The molecule has 0 amide bonds. The summed E-state index contributed by atoms with van der Waals surface area (Å²) in [6.45, 7) is 1.97. The van der Waals surface area contributed by atoms with Crippen LogP contribution in [-0.2, 0) is 6.42 Å². The summed E-state index contributed by atoms with van der Waals surface area (Å²) in [5.74, 6) is -0.254. The van der Waals surface area contributed by atoms with Gasteiger partial charge in [0, 0.05) is 24.5 Å². The van der Waals surface area contributed by atoms with Gasteiger partial charge < -0.3 is 5.73 Å². The van der Waals surface area contributed by atoms with Crippen molar-refractivity contribution >= 4 is 5.69 Å². The molecule has 0 aliphatic carbocycles. The molecule has 2 rings (SSSR count). The number of nitrogen functional groups attached to an aromatic ring is 1. The van der Waals surface area contributed by atoms with Gasteiger partial charge in [0.1, 0.15) is 5.82 Å². The summed E-state index contributed by atoms with van der Waals surface area (Å²) in [4.78, 5) is 4.01. The Morgan fingerprint density at radius 3 is 2.75 bits per heavy atom. The molecule has 0 radical (unpaired) electrons. The van der Waals surface area contributed by atoms with E-state index in [4.69, 9.17) is 5.73 Å². The monoisotopic (exact) mass is 216 g/mol. The average Bonchev–Trinajstić information content (AvgIpc) is 2.25. The number of pyridine rings is 1. The molecule has 1 aromatic carbocycles. The molecule has 82 valence electrons. The van der Waals surface area contributed by atoms with Crippen LogP contribution in [0.1, 0.15) is 16.7 Å². The second kappa shape index (κ2) is 4.31. The predicted octanol–water partition coefficient (Wildman–Crippen LogP) is 2.70. The second-order valence-corrected chi connectivity index (χ2v) is 3.83. The van der Waals surface area contributed by atoms with E-state index in [1.165, 1.54) is 6.07 Å². The van der Waals surface area contributed by atoms with E-state index in [-0.39, 0.29) is 5.82 Å². The Hall–Kier alpha value is -1.90. The van der Waals surface area contributed by atoms with Gasteiger partial charge in [-0.1, -0.05) is 6.07 Å². The van der Waals surface area contributed by atoms with Gasteiger partial charge >= 0.3 is 0 Å². The summed E-state index contributed by atoms with van der Waals surface area (Å²) in [7, 11) is 0. The maximum Gasteiger partial charge on any atom is 0.128 e. The van der Waals surface area contributed by atoms with Crippen molar-refractivity contribution in [2.75, 3.05) is 5.73 Å². The van der Waals surface area contributed by atoms with Gasteiger partial charge in [0.15, 0.2) is 0 Å². The van der Waals surface area contributed by atoms with Gasteiger partial charge in [0.25, 0.3) is 0 Å². The fraction of sp³-hybridized carbons (Fsp3) is 0.154. The molecule has 0 atom stereocenters. The van der Waals surface area contributed by atoms with Gasteiger partial charge in [-0.3, -0.25) is 4.98 Å². The van der Waals surface area contributed by atoms with Crippen molar-refractivity contribution in [3.63, 3.8) is 0 Å². The van der Waals surface area contributed by atoms with Crippen molar-refractivity contribution in [1.29, 1.82) is 0 Å². The third-order valence-corrected chi connectivity index (χ3v) is 2.59. The number of benzene rings is 1. The van der Waals surface area contributed by atoms with Gasteiger partial charge in [-0.25, -0.2) is 4.39 Å². The zero-order valence-electron chi connectivity index (χ0n) is 9.07. The van der Waals surface area contributed by atoms with Crippen LogP contribution in [0.25, 0.3) is 0 Å². The standard InChI is InChI=1S/C13H13FN2/c1-9-8-16-5-4-10(9)6-11-2-3-12(15)7-13(11)14/h2-5,7-8H,6,15H2,1H3. The fourth-order valence-corrected chi connectivity index (χ4v) is 1.61. The lowest BCUT2D eigenvalue weighted by molar-refractivity contribution is 0.614. The van der Waals surface area contributed by atoms with E-state index in [2.05, 4.69) is 4.98 Å². The molecule has 0 aliphatic rings. The smallest absolute Gasteiger partial charge is 0.128 e. The zero-order valence-corrected chi connectivity index (χ0v) is 9.07. The number of aromatic nitrogens is 1. The van der Waals surface area contributed by atoms with Crippen LogP contribution >= 0.6 is 0 Å². The van der Waals surface area contributed by atoms with Gasteiger partial charge in [0.05, 0.1) is 0 Å². The molecule has 2 nitrogen and oxygen atoms in total. The van der Waals surface area contributed by atoms with Crippen LogP contribution in [0.15, 0.2) is 36.7 Å². The Bertz CT molecular complexity index is 509. The molecule has 2 aromatic rings. The SMILES string of the molecule is Cc1cnccc1Cc1ccc(N)cc1F. The minimum atomic E-state index is -0.254. The first kappa shape index (κ1) is 10.6. The lowest BCUT2D eigenvalue weighted by Crippen LogP contribution is -1.97. The number of anilines is 1. The van der Waals surface area contributed by atoms with Crippen LogP contribution in [-0.4, -0.2) is 4.98 Å². The fourth-order valence-electron chi connectivity index (χ4n) is 1.61. The van der Waals surface area contributed by atoms with Crippen molar-refractivity contribution in [1.82, 2.24) is 4.98 Å². The average molecular weight is 216 g/mol. The van der Waals surface area contributed by atoms with E-state index in [1.807, 2.05) is 13.0 Å². The van der Waals surface area contributed by atoms with Crippen LogP contribution < -0.4 is 5.73 Å². The van der Waals surface area contributed by atoms with Crippen molar-refractivity contribution in [3.8, 4) is 0 Å². The van der Waals surface area contributed by atoms with Crippen LogP contribution in [0, 0.1) is 12.7 Å². The van der Waals surface area contributed by atoms with Gasteiger partial charge in [-0.15, -0.1) is 0 Å². The highest BCUT2D eigenvalue weighted by Gasteiger charge is 2.05. The molecule has 0 fully saturated rings. The Labute approximate surface area is 93.9 Å². The van der Waals surface area contributed by atoms with E-state index in [9.17, 15) is 4.39 Å². The molecule has 1 aromatic heterocycles. The van der Waals surface area contributed by atoms with E-state index < -0.39 is 0 Å². The minimum absolute atomic E-state index is 0.254. The Kier molecular flexibility index (Phi) is 2.86. The van der Waals surface area contributed by atoms with Gasteiger partial charge in [-0.2, -0.15) is 0 Å². The summed E-state index contributed by atoms with van der Waals surface area (Å²) in [6, 6.07) is 6.70. The Morgan fingerprint density at radius 2 is 2.06 bits per heavy atom. The molecular weight excluding hydrogens is 203 g/mol. The van der Waals surface area contributed by atoms with Gasteiger partial charge in [0.2, 0.25) is 0 Å². The number of hydrogen-bond donors (Lipinski definition) is 1. The first-order valence-corrected chi connectivity index (χ1v) is 5.10. The molecular formula is C13H13FN2. The zero-order chi connectivity index (χ0) is 11.5. The molecule has 16 heavy (non-hydrogen) atoms. The largest absolute Gasteiger partial charge is 0.399 e. The lowest BCUT2D eigenvalue weighted by atomic mass is 10.0. The molecule has 0 saturated carbocycles. The minimum Gasteiger partial charge on any atom is -0.399 e. The number of rotatable bonds is 2. The van der Waals surface area contributed by atoms with Crippen molar-refractivity contribution in [2.24, 2.45) is 0 Å². The molecule has 0 aliphatic heterocycles. The molecule has 1 heterocycles. The molecule has 3 heteroatoms. The van der Waals surface area contributed by atoms with Gasteiger partial charge in [-0.05, 0) is 41.8 Å². The molecule has 0 unspecified atom stereocenters. The predicted molar refractivity (Wildman–Crippen MR) is 62.6 cm³/mol. The highest BCUT2D eigenvalue weighted by molar-refractivity contribution is 5.42. The molecule has 0 spiro atoms. The maximum atomic E-state index is 13.6. The van der Waals surface area contributed by atoms with Crippen LogP contribution in [0.3, 0.4) is 0 Å². The number of hydrogen-bond acceptors (Lipinski definition) is 2. The quantitative estimate of drug-likeness (QED) is 0.784. The first-order valence-electron chi connectivity index (χ1n) is 5.10. The maximum absolute atomic E-state index is 13.6. The van der Waals surface area contributed by atoms with Crippen LogP contribution in [0.5, 0.6) is 0 Å². The van der Waals surface area contributed by atoms with Crippen molar-refractivity contribution < 1.29 is 4.39 Å². The highest BCUT2D eigenvalue weighted by atomic mass is 19.1. The van der Waals surface area contributed by atoms with Crippen molar-refractivity contribution in [3.05, 3.63) is 59.2 Å². The second-order valence-electron chi connectivity index (χ2n) is 3.83. The van der Waals surface area contributed by atoms with E-state index in [0.29, 0.717) is 17.7 Å². The summed E-state index contributed by atoms with van der Waals surface area (Å²) < 4.78 is 13.6. The van der Waals surface area contributed by atoms with Crippen LogP contribution in [0.4, 0.5) is 10.1 Å². The molecule has 0 saturated heterocycles. The Morgan fingerprint density at radius 1 is 1.25 bits per heavy atom. The highest BCUT2D eigenvalue weighted by Crippen LogP contribution is 2.17. The number of aryl methyl sites for hydroxylation is 1. The number of halogens is 1. The van der Waals surface area contributed by atoms with E-state index in [1.54, 1.807) is 24.5 Å². The first-order chi connectivity index (χ1) is 7.66. The number of nitrogens with two attached hydrogens (primary N) is 1. The van der Waals surface area contributed by atoms with Crippen molar-refractivity contribution in [2.45, 2.75) is 13.3 Å². The topological polar surface area (TPSA) is 38.9 Å². The van der Waals surface area contributed by atoms with E-state index >= 15 is 0 Å². The normalized spacial score (nSPS) is 10.4. The van der Waals surface area contributed by atoms with Crippen LogP contribution in [0.2, 0.25) is 0 Å². The third-order valence-electron chi connectivity index (χ3n) is 2.59. The summed E-state index contributed by atoms with van der Waals surface area (Å²) >= 11 is 0.